The number of pyridine rings is 1. The smallest absolute Gasteiger partial charge is 0.248 e. The number of aromatic nitrogens is 1. The highest BCUT2D eigenvalue weighted by atomic mass is 35.5. The number of benzene rings is 2. The van der Waals surface area contributed by atoms with Crippen molar-refractivity contribution in [2.45, 2.75) is 19.3 Å². The number of halogens is 1. The minimum atomic E-state index is -0.564. The zero-order valence-corrected chi connectivity index (χ0v) is 17.6. The maximum atomic E-state index is 12.7. The van der Waals surface area contributed by atoms with E-state index in [-0.39, 0.29) is 11.8 Å². The largest absolute Gasteiger partial charge is 0.453 e. The molecule has 8 heteroatoms. The first-order valence-electron chi connectivity index (χ1n) is 9.72. The number of nitrogens with two attached hydrogens (primary N) is 2. The number of anilines is 2. The molecule has 2 amide bonds. The Morgan fingerprint density at radius 2 is 2.03 bits per heavy atom. The van der Waals surface area contributed by atoms with Gasteiger partial charge in [-0.1, -0.05) is 29.8 Å². The van der Waals surface area contributed by atoms with Gasteiger partial charge in [0, 0.05) is 30.6 Å². The van der Waals surface area contributed by atoms with Gasteiger partial charge in [0.15, 0.2) is 5.75 Å². The van der Waals surface area contributed by atoms with E-state index in [0.717, 1.165) is 11.1 Å². The molecule has 0 radical (unpaired) electrons. The van der Waals surface area contributed by atoms with E-state index < -0.39 is 5.91 Å². The van der Waals surface area contributed by atoms with Crippen LogP contribution in [0.25, 0.3) is 0 Å². The maximum absolute atomic E-state index is 12.7. The zero-order valence-electron chi connectivity index (χ0n) is 16.8. The zero-order chi connectivity index (χ0) is 22.1. The number of amides is 2. The standard InChI is InChI=1S/C23H21ClN4O3/c1-13-5-6-14(9-19(13)31-22-17(24)3-2-4-18(22)25)16-11-21(29)28(12-16)20-10-15(23(26)30)7-8-27-20/h2-10,16H,11-12,25H2,1H3,(H2,26,30)/t16-/m0/s1. The minimum absolute atomic E-state index is 0.0573. The van der Waals surface area contributed by atoms with Crippen LogP contribution in [0.4, 0.5) is 11.5 Å². The molecular formula is C23H21ClN4O3. The summed E-state index contributed by atoms with van der Waals surface area (Å²) in [5, 5.41) is 0.424. The van der Waals surface area contributed by atoms with Gasteiger partial charge >= 0.3 is 0 Å². The molecule has 1 fully saturated rings. The number of nitrogen functional groups attached to an aromatic ring is 1. The van der Waals surface area contributed by atoms with Gasteiger partial charge in [-0.25, -0.2) is 4.98 Å². The third-order valence-corrected chi connectivity index (χ3v) is 5.62. The fraction of sp³-hybridized carbons (Fsp3) is 0.174. The molecule has 0 bridgehead atoms. The fourth-order valence-electron chi connectivity index (χ4n) is 3.60. The van der Waals surface area contributed by atoms with E-state index in [4.69, 9.17) is 27.8 Å². The molecule has 7 nitrogen and oxygen atoms in total. The quantitative estimate of drug-likeness (QED) is 0.586. The van der Waals surface area contributed by atoms with E-state index in [2.05, 4.69) is 4.98 Å². The summed E-state index contributed by atoms with van der Waals surface area (Å²) >= 11 is 6.24. The molecule has 1 aliphatic heterocycles. The molecule has 0 saturated carbocycles. The Labute approximate surface area is 184 Å². The number of para-hydroxylation sites is 1. The van der Waals surface area contributed by atoms with Crippen molar-refractivity contribution in [3.05, 3.63) is 76.4 Å². The molecule has 158 valence electrons. The van der Waals surface area contributed by atoms with E-state index in [1.54, 1.807) is 23.1 Å². The number of carbonyl (C=O) groups excluding carboxylic acids is 2. The Bertz CT molecular complexity index is 1160. The van der Waals surface area contributed by atoms with E-state index in [0.29, 0.717) is 46.6 Å². The summed E-state index contributed by atoms with van der Waals surface area (Å²) in [6, 6.07) is 14.1. The Morgan fingerprint density at radius 3 is 2.77 bits per heavy atom. The van der Waals surface area contributed by atoms with Gasteiger partial charge in [0.25, 0.3) is 0 Å². The topological polar surface area (TPSA) is 112 Å². The third-order valence-electron chi connectivity index (χ3n) is 5.32. The summed E-state index contributed by atoms with van der Waals surface area (Å²) in [6.45, 7) is 2.36. The van der Waals surface area contributed by atoms with Crippen LogP contribution in [-0.2, 0) is 4.79 Å². The van der Waals surface area contributed by atoms with Crippen molar-refractivity contribution in [3.63, 3.8) is 0 Å². The van der Waals surface area contributed by atoms with Gasteiger partial charge in [0.2, 0.25) is 11.8 Å². The lowest BCUT2D eigenvalue weighted by atomic mass is 9.97. The number of aryl methyl sites for hydroxylation is 1. The van der Waals surface area contributed by atoms with Gasteiger partial charge in [0.05, 0.1) is 10.7 Å². The van der Waals surface area contributed by atoms with Crippen molar-refractivity contribution < 1.29 is 14.3 Å². The summed E-state index contributed by atoms with van der Waals surface area (Å²) in [7, 11) is 0. The molecule has 0 unspecified atom stereocenters. The maximum Gasteiger partial charge on any atom is 0.248 e. The molecular weight excluding hydrogens is 416 g/mol. The highest BCUT2D eigenvalue weighted by Gasteiger charge is 2.33. The Kier molecular flexibility index (Phi) is 5.52. The van der Waals surface area contributed by atoms with Crippen molar-refractivity contribution in [1.82, 2.24) is 4.98 Å². The van der Waals surface area contributed by atoms with Crippen LogP contribution in [0, 0.1) is 6.92 Å². The van der Waals surface area contributed by atoms with Gasteiger partial charge in [-0.2, -0.15) is 0 Å². The minimum Gasteiger partial charge on any atom is -0.453 e. The SMILES string of the molecule is Cc1ccc([C@H]2CC(=O)N(c3cc(C(N)=O)ccn3)C2)cc1Oc1c(N)cccc1Cl. The van der Waals surface area contributed by atoms with Crippen molar-refractivity contribution >= 4 is 34.9 Å². The molecule has 1 aliphatic rings. The summed E-state index contributed by atoms with van der Waals surface area (Å²) in [5.41, 5.74) is 14.0. The number of hydrogen-bond donors (Lipinski definition) is 2. The molecule has 4 N–H and O–H groups in total. The Balaban J connectivity index is 1.59. The lowest BCUT2D eigenvalue weighted by Crippen LogP contribution is -2.26. The molecule has 1 saturated heterocycles. The summed E-state index contributed by atoms with van der Waals surface area (Å²) < 4.78 is 6.03. The van der Waals surface area contributed by atoms with Crippen LogP contribution in [0.15, 0.2) is 54.7 Å². The molecule has 0 aliphatic carbocycles. The lowest BCUT2D eigenvalue weighted by molar-refractivity contribution is -0.117. The number of rotatable bonds is 5. The average molecular weight is 437 g/mol. The Hall–Kier alpha value is -3.58. The number of hydrogen-bond acceptors (Lipinski definition) is 5. The summed E-state index contributed by atoms with van der Waals surface area (Å²) in [6.07, 6.45) is 1.79. The van der Waals surface area contributed by atoms with Crippen LogP contribution in [0.5, 0.6) is 11.5 Å². The fourth-order valence-corrected chi connectivity index (χ4v) is 3.82. The second-order valence-electron chi connectivity index (χ2n) is 7.46. The van der Waals surface area contributed by atoms with E-state index in [9.17, 15) is 9.59 Å². The predicted molar refractivity (Wildman–Crippen MR) is 120 cm³/mol. The van der Waals surface area contributed by atoms with Crippen molar-refractivity contribution in [3.8, 4) is 11.5 Å². The van der Waals surface area contributed by atoms with Gasteiger partial charge < -0.3 is 16.2 Å². The monoisotopic (exact) mass is 436 g/mol. The highest BCUT2D eigenvalue weighted by molar-refractivity contribution is 6.32. The molecule has 1 aromatic heterocycles. The highest BCUT2D eigenvalue weighted by Crippen LogP contribution is 2.38. The molecule has 4 rings (SSSR count). The number of carbonyl (C=O) groups is 2. The number of nitrogens with zero attached hydrogens (tertiary/aromatic N) is 2. The van der Waals surface area contributed by atoms with Crippen molar-refractivity contribution in [1.29, 1.82) is 0 Å². The second-order valence-corrected chi connectivity index (χ2v) is 7.86. The first-order valence-corrected chi connectivity index (χ1v) is 10.1. The third kappa shape index (κ3) is 4.18. The number of primary amides is 1. The van der Waals surface area contributed by atoms with Crippen LogP contribution >= 0.6 is 11.6 Å². The second kappa shape index (κ2) is 8.28. The van der Waals surface area contributed by atoms with E-state index >= 15 is 0 Å². The van der Waals surface area contributed by atoms with Crippen LogP contribution in [0.2, 0.25) is 5.02 Å². The number of ether oxygens (including phenoxy) is 1. The van der Waals surface area contributed by atoms with Gasteiger partial charge in [0.1, 0.15) is 11.6 Å². The normalized spacial score (nSPS) is 15.9. The predicted octanol–water partition coefficient (Wildman–Crippen LogP) is 4.04. The van der Waals surface area contributed by atoms with Crippen molar-refractivity contribution in [2.24, 2.45) is 5.73 Å². The van der Waals surface area contributed by atoms with Crippen LogP contribution in [-0.4, -0.2) is 23.3 Å². The lowest BCUT2D eigenvalue weighted by Gasteiger charge is -2.17. The molecule has 1 atom stereocenters. The molecule has 2 aromatic carbocycles. The van der Waals surface area contributed by atoms with E-state index in [1.165, 1.54) is 18.3 Å². The van der Waals surface area contributed by atoms with Gasteiger partial charge in [-0.3, -0.25) is 14.5 Å². The first kappa shape index (κ1) is 20.7. The van der Waals surface area contributed by atoms with Gasteiger partial charge in [-0.05, 0) is 48.4 Å². The van der Waals surface area contributed by atoms with Gasteiger partial charge in [-0.15, -0.1) is 0 Å². The van der Waals surface area contributed by atoms with Crippen molar-refractivity contribution in [2.75, 3.05) is 17.2 Å². The first-order chi connectivity index (χ1) is 14.8. The Morgan fingerprint density at radius 1 is 1.23 bits per heavy atom. The molecule has 3 aromatic rings. The molecule has 31 heavy (non-hydrogen) atoms. The molecule has 0 spiro atoms. The summed E-state index contributed by atoms with van der Waals surface area (Å²) in [4.78, 5) is 29.9. The van der Waals surface area contributed by atoms with E-state index in [1.807, 2.05) is 25.1 Å². The van der Waals surface area contributed by atoms with Crippen LogP contribution in [0.3, 0.4) is 0 Å². The molecule has 2 heterocycles. The van der Waals surface area contributed by atoms with Crippen LogP contribution in [0.1, 0.15) is 33.8 Å². The van der Waals surface area contributed by atoms with Crippen LogP contribution < -0.4 is 21.1 Å². The average Bonchev–Trinajstić information content (AvgIpc) is 3.14. The summed E-state index contributed by atoms with van der Waals surface area (Å²) in [5.74, 6) is 0.746.